The molecule has 2 aromatic rings. The Hall–Kier alpha value is -2.42. The monoisotopic (exact) mass is 343 g/mol. The van der Waals surface area contributed by atoms with Crippen molar-refractivity contribution in [1.29, 1.82) is 0 Å². The van der Waals surface area contributed by atoms with Crippen LogP contribution < -0.4 is 0 Å². The Balaban J connectivity index is 1.84. The molecule has 0 radical (unpaired) electrons. The first-order chi connectivity index (χ1) is 11.1. The molecule has 1 saturated heterocycles. The molecule has 4 nitrogen and oxygen atoms in total. The molecule has 1 aliphatic heterocycles. The zero-order valence-corrected chi connectivity index (χ0v) is 13.4. The van der Waals surface area contributed by atoms with Gasteiger partial charge < -0.3 is 4.42 Å². The van der Waals surface area contributed by atoms with Crippen LogP contribution in [0.15, 0.2) is 45.7 Å². The Labute approximate surface area is 142 Å². The van der Waals surface area contributed by atoms with Crippen molar-refractivity contribution in [2.24, 2.45) is 0 Å². The average molecular weight is 344 g/mol. The molecule has 6 heteroatoms. The highest BCUT2D eigenvalue weighted by Gasteiger charge is 2.34. The summed E-state index contributed by atoms with van der Waals surface area (Å²) in [5.74, 6) is 3.03. The summed E-state index contributed by atoms with van der Waals surface area (Å²) in [6.45, 7) is -0.0316. The van der Waals surface area contributed by atoms with Gasteiger partial charge in [-0.05, 0) is 48.2 Å². The molecular weight excluding hydrogens is 334 g/mol. The third kappa shape index (κ3) is 3.19. The molecule has 0 atom stereocenters. The van der Waals surface area contributed by atoms with Crippen molar-refractivity contribution >= 4 is 40.6 Å². The highest BCUT2D eigenvalue weighted by Crippen LogP contribution is 2.33. The van der Waals surface area contributed by atoms with Crippen LogP contribution in [0, 0.1) is 12.3 Å². The number of hydrogen-bond donors (Lipinski definition) is 0. The largest absolute Gasteiger partial charge is 0.457 e. The summed E-state index contributed by atoms with van der Waals surface area (Å²) in [5, 5.41) is 0.270. The van der Waals surface area contributed by atoms with E-state index in [1.54, 1.807) is 30.3 Å². The predicted octanol–water partition coefficient (Wildman–Crippen LogP) is 4.27. The Morgan fingerprint density at radius 2 is 1.96 bits per heavy atom. The molecular formula is C17H10ClNO3S. The van der Waals surface area contributed by atoms with Crippen molar-refractivity contribution in [2.45, 2.75) is 0 Å². The van der Waals surface area contributed by atoms with Gasteiger partial charge in [0.05, 0.1) is 11.4 Å². The average Bonchev–Trinajstić information content (AvgIpc) is 3.09. The highest BCUT2D eigenvalue weighted by molar-refractivity contribution is 8.18. The lowest BCUT2D eigenvalue weighted by atomic mass is 10.2. The predicted molar refractivity (Wildman–Crippen MR) is 90.7 cm³/mol. The van der Waals surface area contributed by atoms with E-state index >= 15 is 0 Å². The number of nitrogens with zero attached hydrogens (tertiary/aromatic N) is 1. The summed E-state index contributed by atoms with van der Waals surface area (Å²) in [7, 11) is 0. The zero-order valence-electron chi connectivity index (χ0n) is 11.8. The number of halogens is 1. The summed E-state index contributed by atoms with van der Waals surface area (Å²) >= 11 is 6.70. The van der Waals surface area contributed by atoms with Gasteiger partial charge in [0.15, 0.2) is 0 Å². The number of rotatable bonds is 3. The Morgan fingerprint density at radius 3 is 2.65 bits per heavy atom. The molecule has 2 amide bonds. The van der Waals surface area contributed by atoms with E-state index in [1.165, 1.54) is 0 Å². The van der Waals surface area contributed by atoms with Crippen LogP contribution in [0.4, 0.5) is 4.79 Å². The smallest absolute Gasteiger partial charge is 0.294 e. The molecule has 0 saturated carbocycles. The number of hydrogen-bond acceptors (Lipinski definition) is 4. The number of benzene rings is 1. The summed E-state index contributed by atoms with van der Waals surface area (Å²) in [5.41, 5.74) is 0.870. The minimum atomic E-state index is -0.401. The molecule has 1 aliphatic rings. The first kappa shape index (κ1) is 15.5. The molecule has 114 valence electrons. The van der Waals surface area contributed by atoms with Crippen molar-refractivity contribution in [3.63, 3.8) is 0 Å². The summed E-state index contributed by atoms with van der Waals surface area (Å²) in [4.78, 5) is 25.1. The van der Waals surface area contributed by atoms with Gasteiger partial charge in [-0.25, -0.2) is 0 Å². The minimum absolute atomic E-state index is 0.0316. The molecule has 0 bridgehead atoms. The van der Waals surface area contributed by atoms with E-state index in [1.807, 2.05) is 12.1 Å². The van der Waals surface area contributed by atoms with Crippen molar-refractivity contribution < 1.29 is 14.0 Å². The quantitative estimate of drug-likeness (QED) is 0.617. The highest BCUT2D eigenvalue weighted by atomic mass is 35.5. The third-order valence-electron chi connectivity index (χ3n) is 3.15. The maximum Gasteiger partial charge on any atom is 0.294 e. The normalized spacial score (nSPS) is 16.2. The molecule has 0 N–H and O–H groups in total. The maximum atomic E-state index is 12.1. The van der Waals surface area contributed by atoms with Crippen LogP contribution in [0.3, 0.4) is 0 Å². The molecule has 1 aromatic carbocycles. The van der Waals surface area contributed by atoms with Crippen LogP contribution in [0.25, 0.3) is 17.4 Å². The van der Waals surface area contributed by atoms with Crippen LogP contribution >= 0.6 is 23.4 Å². The maximum absolute atomic E-state index is 12.1. The molecule has 23 heavy (non-hydrogen) atoms. The van der Waals surface area contributed by atoms with Gasteiger partial charge in [0.2, 0.25) is 0 Å². The minimum Gasteiger partial charge on any atom is -0.457 e. The van der Waals surface area contributed by atoms with Gasteiger partial charge in [0.1, 0.15) is 11.5 Å². The van der Waals surface area contributed by atoms with E-state index in [0.29, 0.717) is 21.4 Å². The molecule has 2 heterocycles. The zero-order chi connectivity index (χ0) is 16.4. The molecule has 0 aliphatic carbocycles. The molecule has 3 rings (SSSR count). The molecule has 1 fully saturated rings. The van der Waals surface area contributed by atoms with Crippen molar-refractivity contribution in [1.82, 2.24) is 4.90 Å². The second-order valence-electron chi connectivity index (χ2n) is 4.68. The van der Waals surface area contributed by atoms with Crippen molar-refractivity contribution in [3.05, 3.63) is 52.1 Å². The van der Waals surface area contributed by atoms with Crippen LogP contribution in [0.1, 0.15) is 5.76 Å². The number of furan rings is 1. The number of carbonyl (C=O) groups is 2. The lowest BCUT2D eigenvalue weighted by Gasteiger charge is -2.06. The van der Waals surface area contributed by atoms with E-state index in [2.05, 4.69) is 5.92 Å². The van der Waals surface area contributed by atoms with Crippen molar-refractivity contribution in [3.8, 4) is 23.7 Å². The summed E-state index contributed by atoms with van der Waals surface area (Å²) < 4.78 is 5.70. The van der Waals surface area contributed by atoms with Gasteiger partial charge in [-0.2, -0.15) is 0 Å². The Morgan fingerprint density at radius 1 is 1.22 bits per heavy atom. The van der Waals surface area contributed by atoms with Crippen LogP contribution in [-0.2, 0) is 4.79 Å². The Bertz CT molecular complexity index is 845. The van der Waals surface area contributed by atoms with Gasteiger partial charge >= 0.3 is 0 Å². The van der Waals surface area contributed by atoms with Gasteiger partial charge in [-0.3, -0.25) is 14.5 Å². The standard InChI is InChI=1S/C17H10ClNO3S/c1-2-9-19-16(20)15(23-17(19)21)10-13-7-8-14(22-13)11-3-5-12(18)6-4-11/h1,3-8,10H,9H2. The van der Waals surface area contributed by atoms with E-state index in [-0.39, 0.29) is 11.8 Å². The van der Waals surface area contributed by atoms with Crippen LogP contribution in [-0.4, -0.2) is 22.6 Å². The molecule has 1 aromatic heterocycles. The van der Waals surface area contributed by atoms with Gasteiger partial charge in [-0.15, -0.1) is 6.42 Å². The first-order valence-electron chi connectivity index (χ1n) is 6.63. The fourth-order valence-electron chi connectivity index (χ4n) is 2.06. The molecule has 0 unspecified atom stereocenters. The lowest BCUT2D eigenvalue weighted by Crippen LogP contribution is -2.28. The van der Waals surface area contributed by atoms with E-state index in [9.17, 15) is 9.59 Å². The number of terminal acetylenes is 1. The van der Waals surface area contributed by atoms with Crippen molar-refractivity contribution in [2.75, 3.05) is 6.54 Å². The fourth-order valence-corrected chi connectivity index (χ4v) is 3.00. The van der Waals surface area contributed by atoms with Gasteiger partial charge in [-0.1, -0.05) is 17.5 Å². The second kappa shape index (κ2) is 6.37. The van der Waals surface area contributed by atoms with E-state index < -0.39 is 5.91 Å². The van der Waals surface area contributed by atoms with Crippen LogP contribution in [0.5, 0.6) is 0 Å². The first-order valence-corrected chi connectivity index (χ1v) is 7.82. The van der Waals surface area contributed by atoms with Gasteiger partial charge in [0.25, 0.3) is 11.1 Å². The SMILES string of the molecule is C#CCN1C(=O)SC(=Cc2ccc(-c3ccc(Cl)cc3)o2)C1=O. The third-order valence-corrected chi connectivity index (χ3v) is 4.31. The van der Waals surface area contributed by atoms with Crippen LogP contribution in [0.2, 0.25) is 5.02 Å². The fraction of sp³-hybridized carbons (Fsp3) is 0.0588. The number of carbonyl (C=O) groups excluding carboxylic acids is 2. The lowest BCUT2D eigenvalue weighted by molar-refractivity contribution is -0.122. The number of amides is 2. The summed E-state index contributed by atoms with van der Waals surface area (Å²) in [6, 6.07) is 10.7. The van der Waals surface area contributed by atoms with E-state index in [0.717, 1.165) is 22.2 Å². The summed E-state index contributed by atoms with van der Waals surface area (Å²) in [6.07, 6.45) is 6.70. The number of imide groups is 1. The molecule has 0 spiro atoms. The number of thioether (sulfide) groups is 1. The van der Waals surface area contributed by atoms with E-state index in [4.69, 9.17) is 22.4 Å². The van der Waals surface area contributed by atoms with Gasteiger partial charge in [0, 0.05) is 16.7 Å². The Kier molecular flexibility index (Phi) is 4.28. The second-order valence-corrected chi connectivity index (χ2v) is 6.11. The topological polar surface area (TPSA) is 50.5 Å².